The minimum Gasteiger partial charge on any atom is -0.494 e. The number of amides is 1. The third-order valence-electron chi connectivity index (χ3n) is 6.91. The molecule has 40 heavy (non-hydrogen) atoms. The quantitative estimate of drug-likeness (QED) is 0.140. The van der Waals surface area contributed by atoms with Gasteiger partial charge in [0.1, 0.15) is 23.4 Å². The van der Waals surface area contributed by atoms with Crippen molar-refractivity contribution in [2.45, 2.75) is 25.4 Å². The zero-order valence-electron chi connectivity index (χ0n) is 21.2. The highest BCUT2D eigenvalue weighted by atomic mass is 127. The summed E-state index contributed by atoms with van der Waals surface area (Å²) in [6.45, 7) is 1.70. The number of nitrogens with zero attached hydrogens (tertiary/aromatic N) is 5. The van der Waals surface area contributed by atoms with Crippen molar-refractivity contribution >= 4 is 51.5 Å². The first-order chi connectivity index (χ1) is 19.5. The number of ether oxygens (including phenoxy) is 2. The summed E-state index contributed by atoms with van der Waals surface area (Å²) in [5.41, 5.74) is 4.08. The van der Waals surface area contributed by atoms with Gasteiger partial charge in [0, 0.05) is 36.1 Å². The first-order valence-electron chi connectivity index (χ1n) is 12.8. The van der Waals surface area contributed by atoms with E-state index in [4.69, 9.17) is 21.1 Å². The van der Waals surface area contributed by atoms with Crippen molar-refractivity contribution in [1.82, 2.24) is 22.7 Å². The topological polar surface area (TPSA) is 74.4 Å². The van der Waals surface area contributed by atoms with Crippen molar-refractivity contribution in [3.8, 4) is 11.5 Å². The molecule has 1 aliphatic heterocycles. The van der Waals surface area contributed by atoms with Crippen molar-refractivity contribution in [2.24, 2.45) is 0 Å². The number of rotatable bonds is 7. The summed E-state index contributed by atoms with van der Waals surface area (Å²) < 4.78 is 28.9. The minimum atomic E-state index is -0.504. The lowest BCUT2D eigenvalue weighted by atomic mass is 9.92. The van der Waals surface area contributed by atoms with Crippen LogP contribution in [0.4, 0.5) is 9.18 Å². The molecule has 0 saturated heterocycles. The standard InChI is InChI=1S/C29H24ClFIN5O3/c30-20-4-11-26-25(18-20)24-12-15-36(29(38)40-23-9-5-21(31)6-10-23)27(28(24)37(26)32)19-2-7-22(8-3-19)39-17-1-14-35-16-13-33-34-35/h2-11,13,16,18,27H,1,12,14-15,17H2/t27-/m1/s1. The number of carbonyl (C=O) groups is 1. The van der Waals surface area contributed by atoms with Gasteiger partial charge in [0.25, 0.3) is 0 Å². The monoisotopic (exact) mass is 671 g/mol. The molecule has 0 radical (unpaired) electrons. The number of halogens is 3. The predicted molar refractivity (Wildman–Crippen MR) is 158 cm³/mol. The minimum absolute atomic E-state index is 0.285. The molecule has 11 heteroatoms. The Morgan fingerprint density at radius 3 is 2.60 bits per heavy atom. The van der Waals surface area contributed by atoms with E-state index in [-0.39, 0.29) is 5.75 Å². The van der Waals surface area contributed by atoms with E-state index in [2.05, 4.69) is 36.0 Å². The third-order valence-corrected chi connectivity index (χ3v) is 8.19. The molecule has 0 aliphatic carbocycles. The van der Waals surface area contributed by atoms with Gasteiger partial charge >= 0.3 is 6.09 Å². The fraction of sp³-hybridized carbons (Fsp3) is 0.207. The van der Waals surface area contributed by atoms with Gasteiger partial charge in [-0.1, -0.05) is 28.9 Å². The zero-order chi connectivity index (χ0) is 27.6. The van der Waals surface area contributed by atoms with E-state index in [1.54, 1.807) is 15.8 Å². The van der Waals surface area contributed by atoms with Crippen LogP contribution in [0, 0.1) is 5.82 Å². The Balaban J connectivity index is 1.29. The molecule has 1 amide bonds. The summed E-state index contributed by atoms with van der Waals surface area (Å²) in [6.07, 6.45) is 4.40. The Labute approximate surface area is 248 Å². The van der Waals surface area contributed by atoms with E-state index in [1.165, 1.54) is 24.3 Å². The first-order valence-corrected chi connectivity index (χ1v) is 14.1. The van der Waals surface area contributed by atoms with E-state index < -0.39 is 18.0 Å². The summed E-state index contributed by atoms with van der Waals surface area (Å²) in [4.78, 5) is 15.2. The second-order valence-electron chi connectivity index (χ2n) is 9.41. The average Bonchev–Trinajstić information content (AvgIpc) is 3.58. The highest BCUT2D eigenvalue weighted by molar-refractivity contribution is 14.1. The molecule has 0 unspecified atom stereocenters. The van der Waals surface area contributed by atoms with Crippen LogP contribution >= 0.6 is 34.5 Å². The Hall–Kier alpha value is -3.64. The van der Waals surface area contributed by atoms with Crippen LogP contribution in [0.25, 0.3) is 10.9 Å². The number of fused-ring (bicyclic) bond motifs is 3. The predicted octanol–water partition coefficient (Wildman–Crippen LogP) is 6.84. The van der Waals surface area contributed by atoms with Crippen LogP contribution in [-0.2, 0) is 13.0 Å². The van der Waals surface area contributed by atoms with Gasteiger partial charge in [0.2, 0.25) is 0 Å². The molecule has 0 spiro atoms. The molecular formula is C29H24ClFIN5O3. The smallest absolute Gasteiger partial charge is 0.416 e. The Morgan fingerprint density at radius 1 is 1.07 bits per heavy atom. The van der Waals surface area contributed by atoms with Crippen molar-refractivity contribution in [2.75, 3.05) is 13.2 Å². The highest BCUT2D eigenvalue weighted by Crippen LogP contribution is 2.43. The van der Waals surface area contributed by atoms with Gasteiger partial charge in [0.15, 0.2) is 0 Å². The average molecular weight is 672 g/mol. The fourth-order valence-electron chi connectivity index (χ4n) is 5.06. The molecule has 0 N–H and O–H groups in total. The molecule has 1 aliphatic rings. The number of hydrogen-bond acceptors (Lipinski definition) is 5. The number of carbonyl (C=O) groups excluding carboxylic acids is 1. The van der Waals surface area contributed by atoms with Crippen LogP contribution < -0.4 is 9.47 Å². The van der Waals surface area contributed by atoms with Crippen LogP contribution in [0.15, 0.2) is 79.1 Å². The van der Waals surface area contributed by atoms with E-state index in [9.17, 15) is 9.18 Å². The van der Waals surface area contributed by atoms with E-state index in [0.29, 0.717) is 24.6 Å². The molecule has 1 atom stereocenters. The number of aromatic nitrogens is 4. The zero-order valence-corrected chi connectivity index (χ0v) is 24.1. The molecular weight excluding hydrogens is 648 g/mol. The lowest BCUT2D eigenvalue weighted by molar-refractivity contribution is 0.135. The Kier molecular flexibility index (Phi) is 7.61. The van der Waals surface area contributed by atoms with Crippen molar-refractivity contribution < 1.29 is 18.7 Å². The lowest BCUT2D eigenvalue weighted by Gasteiger charge is -2.36. The van der Waals surface area contributed by atoms with Gasteiger partial charge < -0.3 is 9.47 Å². The summed E-state index contributed by atoms with van der Waals surface area (Å²) in [5.74, 6) is 0.627. The second kappa shape index (κ2) is 11.5. The molecule has 3 aromatic carbocycles. The molecule has 2 aromatic heterocycles. The second-order valence-corrected chi connectivity index (χ2v) is 10.8. The summed E-state index contributed by atoms with van der Waals surface area (Å²) in [6, 6.07) is 18.7. The fourth-order valence-corrected chi connectivity index (χ4v) is 6.21. The van der Waals surface area contributed by atoms with E-state index >= 15 is 0 Å². The normalized spacial score (nSPS) is 14.8. The van der Waals surface area contributed by atoms with Gasteiger partial charge in [-0.25, -0.2) is 9.18 Å². The van der Waals surface area contributed by atoms with Crippen LogP contribution in [0.3, 0.4) is 0 Å². The van der Waals surface area contributed by atoms with Crippen molar-refractivity contribution in [3.05, 3.63) is 107 Å². The maximum absolute atomic E-state index is 13.5. The molecule has 204 valence electrons. The first kappa shape index (κ1) is 26.6. The largest absolute Gasteiger partial charge is 0.494 e. The van der Waals surface area contributed by atoms with Gasteiger partial charge in [-0.15, -0.1) is 5.10 Å². The van der Waals surface area contributed by atoms with Crippen LogP contribution in [0.2, 0.25) is 5.02 Å². The Morgan fingerprint density at radius 2 is 1.85 bits per heavy atom. The van der Waals surface area contributed by atoms with Crippen molar-refractivity contribution in [1.29, 1.82) is 0 Å². The third kappa shape index (κ3) is 5.37. The van der Waals surface area contributed by atoms with Gasteiger partial charge in [-0.3, -0.25) is 12.4 Å². The summed E-state index contributed by atoms with van der Waals surface area (Å²) in [7, 11) is 0. The SMILES string of the molecule is O=C(Oc1ccc(F)cc1)N1CCc2c(n(I)c3ccc(Cl)cc23)[C@H]1c1ccc(OCCCn2ccnn2)cc1. The molecule has 0 fully saturated rings. The molecule has 0 bridgehead atoms. The number of aryl methyl sites for hydroxylation is 1. The van der Waals surface area contributed by atoms with Gasteiger partial charge in [-0.05, 0) is 72.1 Å². The van der Waals surface area contributed by atoms with Crippen molar-refractivity contribution in [3.63, 3.8) is 0 Å². The molecule has 8 nitrogen and oxygen atoms in total. The van der Waals surface area contributed by atoms with Crippen LogP contribution in [0.1, 0.15) is 29.3 Å². The van der Waals surface area contributed by atoms with Crippen LogP contribution in [0.5, 0.6) is 11.5 Å². The van der Waals surface area contributed by atoms with Gasteiger partial charge in [0.05, 0.1) is 46.9 Å². The molecule has 6 rings (SSSR count). The number of hydrogen-bond donors (Lipinski definition) is 0. The molecule has 5 aromatic rings. The summed E-state index contributed by atoms with van der Waals surface area (Å²) in [5, 5.41) is 9.51. The lowest BCUT2D eigenvalue weighted by Crippen LogP contribution is -2.42. The Bertz CT molecular complexity index is 1640. The van der Waals surface area contributed by atoms with E-state index in [1.807, 2.05) is 48.7 Å². The maximum atomic E-state index is 13.5. The maximum Gasteiger partial charge on any atom is 0.416 e. The summed E-state index contributed by atoms with van der Waals surface area (Å²) >= 11 is 8.64. The van der Waals surface area contributed by atoms with E-state index in [0.717, 1.165) is 46.4 Å². The number of benzene rings is 3. The molecule has 0 saturated carbocycles. The highest BCUT2D eigenvalue weighted by Gasteiger charge is 2.37. The van der Waals surface area contributed by atoms with Gasteiger partial charge in [-0.2, -0.15) is 0 Å². The van der Waals surface area contributed by atoms with Crippen LogP contribution in [-0.4, -0.2) is 41.9 Å². The molecule has 3 heterocycles.